The Hall–Kier alpha value is -7.42. The van der Waals surface area contributed by atoms with Crippen molar-refractivity contribution in [2.24, 2.45) is 0 Å². The van der Waals surface area contributed by atoms with Crippen LogP contribution in [-0.2, 0) is 35.3 Å². The van der Waals surface area contributed by atoms with Crippen LogP contribution in [-0.4, -0.2) is 11.6 Å². The van der Waals surface area contributed by atoms with E-state index in [1.807, 2.05) is 0 Å². The Balaban J connectivity index is 0.985. The fraction of sp³-hybridized carbons (Fsp3) is 0.156. The molecule has 1 unspecified atom stereocenters. The van der Waals surface area contributed by atoms with Crippen LogP contribution in [0.2, 0.25) is 0 Å². The Morgan fingerprint density at radius 3 is 0.909 bits per heavy atom. The van der Waals surface area contributed by atoms with Gasteiger partial charge in [0, 0.05) is 25.7 Å². The van der Waals surface area contributed by atoms with Crippen molar-refractivity contribution in [2.75, 3.05) is 0 Å². The van der Waals surface area contributed by atoms with Crippen molar-refractivity contribution in [1.82, 2.24) is 0 Å². The molecule has 9 aliphatic rings. The molecular weight excluding hydrogens is 801 g/mol. The molecule has 0 aliphatic heterocycles. The number of rotatable bonds is 4. The predicted octanol–water partition coefficient (Wildman–Crippen LogP) is 14.5. The van der Waals surface area contributed by atoms with E-state index in [0.717, 1.165) is 46.2 Å². The quantitative estimate of drug-likeness (QED) is 0.177. The third kappa shape index (κ3) is 8.36. The molecule has 2 nitrogen and oxygen atoms in total. The molecule has 17 rings (SSSR count). The topological polar surface area (TPSA) is 34.1 Å². The first kappa shape index (κ1) is 41.3. The monoisotopic (exact) mass is 852 g/mol. The molecule has 8 aromatic carbocycles. The molecule has 12 bridgehead atoms. The van der Waals surface area contributed by atoms with Crippen LogP contribution in [0.4, 0.5) is 0 Å². The highest BCUT2D eigenvalue weighted by Gasteiger charge is 2.45. The van der Waals surface area contributed by atoms with Crippen molar-refractivity contribution in [3.8, 4) is 0 Å². The maximum absolute atomic E-state index is 13.8. The molecule has 2 heteroatoms. The first-order valence-electron chi connectivity index (χ1n) is 23.6. The largest absolute Gasteiger partial charge is 0.299 e. The van der Waals surface area contributed by atoms with Gasteiger partial charge in [-0.15, -0.1) is 0 Å². The highest BCUT2D eigenvalue weighted by Crippen LogP contribution is 2.60. The smallest absolute Gasteiger partial charge is 0.141 e. The summed E-state index contributed by atoms with van der Waals surface area (Å²) >= 11 is 0. The fourth-order valence-electron chi connectivity index (χ4n) is 11.4. The SMILES string of the molecule is O=C1Cc2ccc(cc2)C2=C(c3ccccc3)C(c3ccccc3)=C(C2)c2ccc(cc2)CC(=O)Cc2ccc(cc2)[C@@H]2C[C@H](c3ccc(cc3)C1)C(c1ccccc1)[C@@H]2c1ccccc1. The summed E-state index contributed by atoms with van der Waals surface area (Å²) in [5.74, 6) is 1.49. The number of hydrogen-bond donors (Lipinski definition) is 0. The van der Waals surface area contributed by atoms with Crippen molar-refractivity contribution in [2.45, 2.75) is 62.2 Å². The van der Waals surface area contributed by atoms with Crippen LogP contribution in [0.15, 0.2) is 218 Å². The fourth-order valence-corrected chi connectivity index (χ4v) is 11.4. The van der Waals surface area contributed by atoms with Crippen molar-refractivity contribution < 1.29 is 9.59 Å². The van der Waals surface area contributed by atoms with Crippen LogP contribution in [0.1, 0.15) is 103 Å². The van der Waals surface area contributed by atoms with E-state index in [-0.39, 0.29) is 35.2 Å². The van der Waals surface area contributed by atoms with Gasteiger partial charge in [0.05, 0.1) is 0 Å². The van der Waals surface area contributed by atoms with Gasteiger partial charge in [-0.25, -0.2) is 0 Å². The summed E-state index contributed by atoms with van der Waals surface area (Å²) in [7, 11) is 0. The van der Waals surface area contributed by atoms with Crippen molar-refractivity contribution in [3.05, 3.63) is 285 Å². The van der Waals surface area contributed by atoms with Gasteiger partial charge in [0.1, 0.15) is 11.6 Å². The van der Waals surface area contributed by atoms with Crippen LogP contribution >= 0.6 is 0 Å². The average Bonchev–Trinajstić information content (AvgIpc) is 3.97. The standard InChI is InChI=1S/C64H52O2/c65-55-37-43-21-29-47(30-22-43)57-41-58(62(52-15-7-2-8-16-52)61(57)51-13-5-1-6-14-51)48-31-23-44(24-32-48)38-56(66)40-46-27-35-50(36-28-46)60-42-59(49-33-25-45(39-55)26-34-49)63(53-17-9-3-10-18-53)64(60)54-19-11-4-12-20-54/h1-36,57-58,61-62H,37-42H2/t57-,58+,61+,62?/m0/s1. The Labute approximate surface area is 389 Å². The minimum absolute atomic E-state index is 0.213. The summed E-state index contributed by atoms with van der Waals surface area (Å²) < 4.78 is 0. The molecule has 4 atom stereocenters. The zero-order valence-corrected chi connectivity index (χ0v) is 37.2. The lowest BCUT2D eigenvalue weighted by molar-refractivity contribution is -0.118. The zero-order chi connectivity index (χ0) is 44.4. The van der Waals surface area contributed by atoms with Crippen LogP contribution in [0.5, 0.6) is 0 Å². The van der Waals surface area contributed by atoms with Gasteiger partial charge in [0.15, 0.2) is 0 Å². The van der Waals surface area contributed by atoms with E-state index in [4.69, 9.17) is 0 Å². The van der Waals surface area contributed by atoms with E-state index >= 15 is 0 Å². The van der Waals surface area contributed by atoms with Crippen molar-refractivity contribution in [1.29, 1.82) is 0 Å². The van der Waals surface area contributed by atoms with Gasteiger partial charge in [-0.1, -0.05) is 218 Å². The summed E-state index contributed by atoms with van der Waals surface area (Å²) in [6, 6.07) is 78.8. The van der Waals surface area contributed by atoms with Gasteiger partial charge in [-0.2, -0.15) is 0 Å². The number of Topliss-reactive ketones (excluding diaryl/α,β-unsaturated/α-hetero) is 2. The maximum atomic E-state index is 13.8. The summed E-state index contributed by atoms with van der Waals surface area (Å²) in [6.45, 7) is 0. The van der Waals surface area contributed by atoms with Crippen LogP contribution < -0.4 is 0 Å². The Bertz CT molecular complexity index is 2840. The van der Waals surface area contributed by atoms with E-state index in [9.17, 15) is 9.59 Å². The highest BCUT2D eigenvalue weighted by atomic mass is 16.1. The van der Waals surface area contributed by atoms with Gasteiger partial charge in [-0.3, -0.25) is 9.59 Å². The number of allylic oxidation sites excluding steroid dienone is 4. The zero-order valence-electron chi connectivity index (χ0n) is 37.2. The lowest BCUT2D eigenvalue weighted by atomic mass is 9.75. The first-order valence-corrected chi connectivity index (χ1v) is 23.6. The summed E-state index contributed by atoms with van der Waals surface area (Å²) in [6.07, 6.45) is 3.33. The molecule has 0 spiro atoms. The summed E-state index contributed by atoms with van der Waals surface area (Å²) in [5.41, 5.74) is 19.1. The molecular formula is C64H52O2. The van der Waals surface area contributed by atoms with Gasteiger partial charge in [0.2, 0.25) is 0 Å². The Kier molecular flexibility index (Phi) is 11.4. The molecule has 320 valence electrons. The highest BCUT2D eigenvalue weighted by molar-refractivity contribution is 6.27. The van der Waals surface area contributed by atoms with E-state index in [0.29, 0.717) is 25.7 Å². The first-order chi connectivity index (χ1) is 32.5. The molecule has 9 aliphatic carbocycles. The molecule has 0 heterocycles. The second kappa shape index (κ2) is 18.2. The summed E-state index contributed by atoms with van der Waals surface area (Å²) in [5, 5.41) is 0. The van der Waals surface area contributed by atoms with E-state index in [1.165, 1.54) is 55.7 Å². The number of carbonyl (C=O) groups excluding carboxylic acids is 2. The third-order valence-electron chi connectivity index (χ3n) is 14.5. The van der Waals surface area contributed by atoms with Crippen LogP contribution in [0.3, 0.4) is 0 Å². The average molecular weight is 853 g/mol. The number of ketones is 2. The molecule has 1 saturated carbocycles. The molecule has 0 amide bonds. The molecule has 0 N–H and O–H groups in total. The minimum atomic E-state index is 0.213. The van der Waals surface area contributed by atoms with E-state index < -0.39 is 0 Å². The second-order valence-corrected chi connectivity index (χ2v) is 18.6. The molecule has 0 radical (unpaired) electrons. The second-order valence-electron chi connectivity index (χ2n) is 18.6. The molecule has 66 heavy (non-hydrogen) atoms. The number of hydrogen-bond acceptors (Lipinski definition) is 2. The third-order valence-corrected chi connectivity index (χ3v) is 14.5. The predicted molar refractivity (Wildman–Crippen MR) is 270 cm³/mol. The van der Waals surface area contributed by atoms with Gasteiger partial charge >= 0.3 is 0 Å². The van der Waals surface area contributed by atoms with E-state index in [1.54, 1.807) is 0 Å². The lowest BCUT2D eigenvalue weighted by Gasteiger charge is -2.29. The van der Waals surface area contributed by atoms with Gasteiger partial charge in [0.25, 0.3) is 0 Å². The Morgan fingerprint density at radius 2 is 0.576 bits per heavy atom. The molecule has 0 aromatic heterocycles. The minimum Gasteiger partial charge on any atom is -0.299 e. The van der Waals surface area contributed by atoms with E-state index in [2.05, 4.69) is 218 Å². The maximum Gasteiger partial charge on any atom is 0.141 e. The molecule has 1 fully saturated rings. The normalized spacial score (nSPS) is 19.7. The van der Waals surface area contributed by atoms with Crippen LogP contribution in [0.25, 0.3) is 22.3 Å². The van der Waals surface area contributed by atoms with Crippen LogP contribution in [0, 0.1) is 0 Å². The van der Waals surface area contributed by atoms with Crippen molar-refractivity contribution >= 4 is 33.9 Å². The molecule has 0 saturated heterocycles. The van der Waals surface area contributed by atoms with Crippen molar-refractivity contribution in [3.63, 3.8) is 0 Å². The Morgan fingerprint density at radius 1 is 0.273 bits per heavy atom. The molecule has 8 aromatic rings. The number of benzene rings is 8. The summed E-state index contributed by atoms with van der Waals surface area (Å²) in [4.78, 5) is 27.6. The van der Waals surface area contributed by atoms with Gasteiger partial charge < -0.3 is 0 Å². The lowest BCUT2D eigenvalue weighted by Crippen LogP contribution is -2.14. The van der Waals surface area contributed by atoms with Gasteiger partial charge in [-0.05, 0) is 126 Å². The number of carbonyl (C=O) groups is 2.